The van der Waals surface area contributed by atoms with Crippen molar-refractivity contribution in [2.45, 2.75) is 26.4 Å². The molecule has 0 saturated carbocycles. The van der Waals surface area contributed by atoms with E-state index in [-0.39, 0.29) is 0 Å². The zero-order valence-corrected chi connectivity index (χ0v) is 10.1. The molecule has 4 heteroatoms. The molecule has 0 aliphatic rings. The van der Waals surface area contributed by atoms with Gasteiger partial charge in [-0.3, -0.25) is 4.98 Å². The second-order valence-corrected chi connectivity index (χ2v) is 4.12. The molecule has 4 nitrogen and oxygen atoms in total. The van der Waals surface area contributed by atoms with Crippen molar-refractivity contribution in [3.63, 3.8) is 0 Å². The van der Waals surface area contributed by atoms with Crippen LogP contribution < -0.4 is 5.32 Å². The van der Waals surface area contributed by atoms with Crippen molar-refractivity contribution in [3.8, 4) is 0 Å². The van der Waals surface area contributed by atoms with Gasteiger partial charge in [0, 0.05) is 37.4 Å². The normalized spacial score (nSPS) is 10.6. The number of aryl methyl sites for hydroxylation is 2. The highest BCUT2D eigenvalue weighted by molar-refractivity contribution is 5.07. The molecule has 17 heavy (non-hydrogen) atoms. The van der Waals surface area contributed by atoms with E-state index >= 15 is 0 Å². The minimum absolute atomic E-state index is 0.886. The Morgan fingerprint density at radius 2 is 2.24 bits per heavy atom. The molecule has 2 aromatic heterocycles. The van der Waals surface area contributed by atoms with Crippen LogP contribution in [0.2, 0.25) is 0 Å². The number of hydrogen-bond acceptors (Lipinski definition) is 3. The summed E-state index contributed by atoms with van der Waals surface area (Å²) < 4.78 is 2.17. The van der Waals surface area contributed by atoms with E-state index in [0.29, 0.717) is 0 Å². The standard InChI is InChI=1S/C13H18N4/c1-12-8-16-11-17(12)7-3-6-15-10-13-4-2-5-14-9-13/h2,4-5,8-9,11,15H,3,6-7,10H2,1H3. The number of imidazole rings is 1. The van der Waals surface area contributed by atoms with E-state index in [4.69, 9.17) is 0 Å². The largest absolute Gasteiger partial charge is 0.335 e. The number of nitrogens with one attached hydrogen (secondary N) is 1. The summed E-state index contributed by atoms with van der Waals surface area (Å²) >= 11 is 0. The van der Waals surface area contributed by atoms with Gasteiger partial charge in [0.2, 0.25) is 0 Å². The summed E-state index contributed by atoms with van der Waals surface area (Å²) in [5, 5.41) is 3.41. The summed E-state index contributed by atoms with van der Waals surface area (Å²) in [6.07, 6.45) is 8.58. The van der Waals surface area contributed by atoms with Gasteiger partial charge in [-0.15, -0.1) is 0 Å². The Labute approximate surface area is 102 Å². The van der Waals surface area contributed by atoms with Gasteiger partial charge in [-0.2, -0.15) is 0 Å². The lowest BCUT2D eigenvalue weighted by atomic mass is 10.3. The average molecular weight is 230 g/mol. The van der Waals surface area contributed by atoms with Gasteiger partial charge in [0.1, 0.15) is 0 Å². The highest BCUT2D eigenvalue weighted by atomic mass is 15.0. The predicted molar refractivity (Wildman–Crippen MR) is 67.5 cm³/mol. The molecule has 1 N–H and O–H groups in total. The van der Waals surface area contributed by atoms with Gasteiger partial charge in [-0.1, -0.05) is 6.07 Å². The van der Waals surface area contributed by atoms with Crippen LogP contribution in [0.1, 0.15) is 17.7 Å². The van der Waals surface area contributed by atoms with Crippen molar-refractivity contribution in [2.75, 3.05) is 6.54 Å². The second-order valence-electron chi connectivity index (χ2n) is 4.12. The van der Waals surface area contributed by atoms with Gasteiger partial charge in [0.15, 0.2) is 0 Å². The summed E-state index contributed by atoms with van der Waals surface area (Å²) in [4.78, 5) is 8.19. The Balaban J connectivity index is 1.63. The number of nitrogens with zero attached hydrogens (tertiary/aromatic N) is 3. The fourth-order valence-electron chi connectivity index (χ4n) is 1.73. The van der Waals surface area contributed by atoms with Gasteiger partial charge in [0.25, 0.3) is 0 Å². The monoisotopic (exact) mass is 230 g/mol. The first-order valence-electron chi connectivity index (χ1n) is 5.92. The van der Waals surface area contributed by atoms with Crippen LogP contribution in [-0.4, -0.2) is 21.1 Å². The van der Waals surface area contributed by atoms with Crippen LogP contribution in [0.4, 0.5) is 0 Å². The first kappa shape index (κ1) is 11.8. The molecule has 0 radical (unpaired) electrons. The van der Waals surface area contributed by atoms with Crippen molar-refractivity contribution < 1.29 is 0 Å². The van der Waals surface area contributed by atoms with Crippen molar-refractivity contribution in [2.24, 2.45) is 0 Å². The SMILES string of the molecule is Cc1cncn1CCCNCc1cccnc1. The molecule has 0 fully saturated rings. The van der Waals surface area contributed by atoms with Crippen LogP contribution >= 0.6 is 0 Å². The molecule has 0 aliphatic carbocycles. The quantitative estimate of drug-likeness (QED) is 0.769. The van der Waals surface area contributed by atoms with E-state index in [0.717, 1.165) is 26.1 Å². The maximum Gasteiger partial charge on any atom is 0.0948 e. The molecule has 0 saturated heterocycles. The lowest BCUT2D eigenvalue weighted by molar-refractivity contribution is 0.573. The van der Waals surface area contributed by atoms with E-state index < -0.39 is 0 Å². The zero-order chi connectivity index (χ0) is 11.9. The summed E-state index contributed by atoms with van der Waals surface area (Å²) in [5.41, 5.74) is 2.45. The molecule has 90 valence electrons. The first-order chi connectivity index (χ1) is 8.36. The van der Waals surface area contributed by atoms with E-state index in [1.165, 1.54) is 11.3 Å². The Hall–Kier alpha value is -1.68. The Morgan fingerprint density at radius 3 is 2.94 bits per heavy atom. The fraction of sp³-hybridized carbons (Fsp3) is 0.385. The molecule has 2 rings (SSSR count). The molecular weight excluding hydrogens is 212 g/mol. The van der Waals surface area contributed by atoms with Gasteiger partial charge >= 0.3 is 0 Å². The highest BCUT2D eigenvalue weighted by Gasteiger charge is 1.96. The van der Waals surface area contributed by atoms with Gasteiger partial charge in [-0.25, -0.2) is 4.98 Å². The lowest BCUT2D eigenvalue weighted by Gasteiger charge is -2.06. The molecule has 0 spiro atoms. The molecule has 0 unspecified atom stereocenters. The third kappa shape index (κ3) is 3.67. The third-order valence-electron chi connectivity index (χ3n) is 2.72. The summed E-state index contributed by atoms with van der Waals surface area (Å²) in [6.45, 7) is 4.99. The molecule has 2 aromatic rings. The highest BCUT2D eigenvalue weighted by Crippen LogP contribution is 1.98. The Kier molecular flexibility index (Phi) is 4.27. The van der Waals surface area contributed by atoms with E-state index in [2.05, 4.69) is 32.8 Å². The number of aromatic nitrogens is 3. The number of rotatable bonds is 6. The van der Waals surface area contributed by atoms with Crippen molar-refractivity contribution >= 4 is 0 Å². The Morgan fingerprint density at radius 1 is 1.29 bits per heavy atom. The summed E-state index contributed by atoms with van der Waals surface area (Å²) in [6, 6.07) is 4.05. The molecule has 0 bridgehead atoms. The lowest BCUT2D eigenvalue weighted by Crippen LogP contribution is -2.16. The van der Waals surface area contributed by atoms with Crippen molar-refractivity contribution in [3.05, 3.63) is 48.3 Å². The van der Waals surface area contributed by atoms with Crippen LogP contribution in [-0.2, 0) is 13.1 Å². The minimum Gasteiger partial charge on any atom is -0.335 e. The van der Waals surface area contributed by atoms with E-state index in [1.807, 2.05) is 24.8 Å². The number of hydrogen-bond donors (Lipinski definition) is 1. The average Bonchev–Trinajstić information content (AvgIpc) is 2.76. The van der Waals surface area contributed by atoms with Crippen molar-refractivity contribution in [1.82, 2.24) is 19.9 Å². The fourth-order valence-corrected chi connectivity index (χ4v) is 1.73. The second kappa shape index (κ2) is 6.15. The van der Waals surface area contributed by atoms with Crippen LogP contribution in [0.5, 0.6) is 0 Å². The summed E-state index contributed by atoms with van der Waals surface area (Å²) in [5.74, 6) is 0. The Bertz CT molecular complexity index is 436. The first-order valence-corrected chi connectivity index (χ1v) is 5.92. The number of pyridine rings is 1. The molecule has 0 atom stereocenters. The van der Waals surface area contributed by atoms with Crippen molar-refractivity contribution in [1.29, 1.82) is 0 Å². The third-order valence-corrected chi connectivity index (χ3v) is 2.72. The van der Waals surface area contributed by atoms with E-state index in [9.17, 15) is 0 Å². The topological polar surface area (TPSA) is 42.7 Å². The van der Waals surface area contributed by atoms with Crippen LogP contribution in [0.3, 0.4) is 0 Å². The zero-order valence-electron chi connectivity index (χ0n) is 10.1. The molecule has 0 amide bonds. The smallest absolute Gasteiger partial charge is 0.0948 e. The molecular formula is C13H18N4. The van der Waals surface area contributed by atoms with E-state index in [1.54, 1.807) is 6.20 Å². The molecule has 0 aromatic carbocycles. The van der Waals surface area contributed by atoms with Gasteiger partial charge < -0.3 is 9.88 Å². The predicted octanol–water partition coefficient (Wildman–Crippen LogP) is 1.77. The van der Waals surface area contributed by atoms with Crippen LogP contribution in [0, 0.1) is 6.92 Å². The molecule has 0 aliphatic heterocycles. The van der Waals surface area contributed by atoms with Gasteiger partial charge in [-0.05, 0) is 31.5 Å². The maximum absolute atomic E-state index is 4.10. The van der Waals surface area contributed by atoms with Crippen LogP contribution in [0.15, 0.2) is 37.1 Å². The van der Waals surface area contributed by atoms with Crippen LogP contribution in [0.25, 0.3) is 0 Å². The van der Waals surface area contributed by atoms with Gasteiger partial charge in [0.05, 0.1) is 6.33 Å². The molecule has 2 heterocycles. The minimum atomic E-state index is 0.886. The summed E-state index contributed by atoms with van der Waals surface area (Å²) in [7, 11) is 0. The maximum atomic E-state index is 4.10.